The van der Waals surface area contributed by atoms with E-state index in [0.29, 0.717) is 32.1 Å². The number of hydrogen-bond donors (Lipinski definition) is 3. The zero-order valence-corrected chi connectivity index (χ0v) is 18.7. The maximum absolute atomic E-state index is 13.2. The lowest BCUT2D eigenvalue weighted by Crippen LogP contribution is -2.55. The van der Waals surface area contributed by atoms with Gasteiger partial charge in [0.25, 0.3) is 0 Å². The fourth-order valence-corrected chi connectivity index (χ4v) is 6.10. The Hall–Kier alpha value is -0.980. The quantitative estimate of drug-likeness (QED) is 0.326. The van der Waals surface area contributed by atoms with Crippen LogP contribution in [0.2, 0.25) is 0 Å². The van der Waals surface area contributed by atoms with Gasteiger partial charge in [-0.05, 0) is 80.8 Å². The number of aliphatic hydroxyl groups excluding tert-OH is 1. The summed E-state index contributed by atoms with van der Waals surface area (Å²) in [4.78, 5) is 0. The molecule has 2 aliphatic carbocycles. The number of alkyl halides is 6. The Balaban J connectivity index is 2.47. The standard InChI is InChI=1S/C24H36F6O3/c1-19(2,32)11-6-12-20(3,13-7-15-22(33,23(25,26)27)24(28,29)30)18-10-9-16-17(31)8-5-14-21(16,18)4/h16-18,31-33H,5-6,8-14H2,1-4H3/t16?,17-,18+,20?,21-/m0/s1/i1D3,2D3. The van der Waals surface area contributed by atoms with Crippen LogP contribution in [0.15, 0.2) is 0 Å². The molecule has 0 aromatic heterocycles. The molecule has 2 aliphatic rings. The van der Waals surface area contributed by atoms with Crippen LogP contribution < -0.4 is 0 Å². The second-order valence-corrected chi connectivity index (χ2v) is 10.3. The van der Waals surface area contributed by atoms with Gasteiger partial charge in [-0.25, -0.2) is 0 Å². The van der Waals surface area contributed by atoms with Crippen molar-refractivity contribution in [2.45, 2.75) is 115 Å². The van der Waals surface area contributed by atoms with Crippen LogP contribution in [-0.4, -0.2) is 45.0 Å². The van der Waals surface area contributed by atoms with Crippen LogP contribution in [0.25, 0.3) is 0 Å². The van der Waals surface area contributed by atoms with Gasteiger partial charge in [-0.1, -0.05) is 32.6 Å². The van der Waals surface area contributed by atoms with Gasteiger partial charge in [0, 0.05) is 14.6 Å². The number of rotatable bonds is 6. The highest BCUT2D eigenvalue weighted by atomic mass is 19.4. The highest BCUT2D eigenvalue weighted by Gasteiger charge is 2.70. The third kappa shape index (κ3) is 5.82. The van der Waals surface area contributed by atoms with Gasteiger partial charge >= 0.3 is 18.0 Å². The first-order valence-electron chi connectivity index (χ1n) is 14.0. The second-order valence-electron chi connectivity index (χ2n) is 10.3. The minimum atomic E-state index is -6.12. The van der Waals surface area contributed by atoms with Crippen molar-refractivity contribution in [3.8, 4) is 11.8 Å². The lowest BCUT2D eigenvalue weighted by molar-refractivity contribution is -0.343. The zero-order valence-electron chi connectivity index (χ0n) is 24.7. The van der Waals surface area contributed by atoms with Crippen molar-refractivity contribution >= 4 is 0 Å². The molecule has 192 valence electrons. The smallest absolute Gasteiger partial charge is 0.393 e. The number of aliphatic hydroxyl groups is 3. The molecule has 3 nitrogen and oxygen atoms in total. The SMILES string of the molecule is [2H]C([2H])([2H])C(O)(CCCC(C)(CC#CC(O)(C(F)(F)F)C(F)(F)F)[C@H]1CCC2[C@@H](O)CCC[C@@]21C)C([2H])([2H])[2H]. The molecule has 33 heavy (non-hydrogen) atoms. The molecule has 0 spiro atoms. The predicted molar refractivity (Wildman–Crippen MR) is 112 cm³/mol. The normalized spacial score (nSPS) is 34.3. The van der Waals surface area contributed by atoms with Gasteiger partial charge in [-0.15, -0.1) is 0 Å². The van der Waals surface area contributed by atoms with E-state index in [1.54, 1.807) is 6.92 Å². The molecule has 0 saturated heterocycles. The lowest BCUT2D eigenvalue weighted by Gasteiger charge is -2.49. The molecule has 0 radical (unpaired) electrons. The summed E-state index contributed by atoms with van der Waals surface area (Å²) < 4.78 is 124. The van der Waals surface area contributed by atoms with Crippen LogP contribution in [0.5, 0.6) is 0 Å². The highest BCUT2D eigenvalue weighted by Crippen LogP contribution is 2.62. The third-order valence-corrected chi connectivity index (χ3v) is 7.80. The average molecular weight is 493 g/mol. The van der Waals surface area contributed by atoms with Gasteiger partial charge in [0.05, 0.1) is 11.7 Å². The molecule has 0 bridgehead atoms. The van der Waals surface area contributed by atoms with E-state index in [1.165, 1.54) is 0 Å². The van der Waals surface area contributed by atoms with E-state index in [-0.39, 0.29) is 24.7 Å². The summed E-state index contributed by atoms with van der Waals surface area (Å²) in [7, 11) is 0. The molecular formula is C24H36F6O3. The Kier molecular flexibility index (Phi) is 5.66. The Morgan fingerprint density at radius 3 is 2.15 bits per heavy atom. The van der Waals surface area contributed by atoms with Crippen LogP contribution in [0.3, 0.4) is 0 Å². The molecular weight excluding hydrogens is 450 g/mol. The Bertz CT molecular complexity index is 910. The Morgan fingerprint density at radius 2 is 1.61 bits per heavy atom. The molecule has 2 rings (SSSR count). The van der Waals surface area contributed by atoms with E-state index >= 15 is 0 Å². The number of halogens is 6. The van der Waals surface area contributed by atoms with Gasteiger partial charge in [0.15, 0.2) is 0 Å². The molecule has 0 aromatic carbocycles. The average Bonchev–Trinajstić information content (AvgIpc) is 3.09. The topological polar surface area (TPSA) is 60.7 Å². The minimum absolute atomic E-state index is 0.0737. The van der Waals surface area contributed by atoms with E-state index < -0.39 is 67.0 Å². The van der Waals surface area contributed by atoms with Crippen molar-refractivity contribution in [1.29, 1.82) is 0 Å². The van der Waals surface area contributed by atoms with Crippen molar-refractivity contribution in [2.75, 3.05) is 0 Å². The number of hydrogen-bond acceptors (Lipinski definition) is 3. The molecule has 0 aromatic rings. The summed E-state index contributed by atoms with van der Waals surface area (Å²) in [5.74, 6) is 2.33. The van der Waals surface area contributed by atoms with Crippen LogP contribution in [-0.2, 0) is 0 Å². The van der Waals surface area contributed by atoms with Crippen molar-refractivity contribution in [1.82, 2.24) is 0 Å². The molecule has 3 N–H and O–H groups in total. The van der Waals surface area contributed by atoms with Gasteiger partial charge in [-0.2, -0.15) is 26.3 Å². The first kappa shape index (κ1) is 20.2. The lowest BCUT2D eigenvalue weighted by atomic mass is 9.56. The van der Waals surface area contributed by atoms with E-state index in [4.69, 9.17) is 8.22 Å². The second kappa shape index (κ2) is 9.23. The molecule has 9 heteroatoms. The third-order valence-electron chi connectivity index (χ3n) is 7.80. The maximum Gasteiger partial charge on any atom is 0.438 e. The minimum Gasteiger partial charge on any atom is -0.393 e. The van der Waals surface area contributed by atoms with E-state index in [0.717, 1.165) is 5.92 Å². The Morgan fingerprint density at radius 1 is 1.00 bits per heavy atom. The maximum atomic E-state index is 13.2. The van der Waals surface area contributed by atoms with Gasteiger partial charge in [-0.3, -0.25) is 0 Å². The molecule has 0 heterocycles. The Labute approximate surface area is 200 Å². The summed E-state index contributed by atoms with van der Waals surface area (Å²) in [6.45, 7) is -3.11. The molecule has 2 fully saturated rings. The van der Waals surface area contributed by atoms with E-state index in [2.05, 4.69) is 0 Å². The predicted octanol–water partition coefficient (Wildman–Crippen LogP) is 5.76. The van der Waals surface area contributed by atoms with Crippen molar-refractivity contribution in [3.63, 3.8) is 0 Å². The van der Waals surface area contributed by atoms with Gasteiger partial charge < -0.3 is 15.3 Å². The molecule has 0 aliphatic heterocycles. The first-order chi connectivity index (χ1) is 17.3. The van der Waals surface area contributed by atoms with Crippen LogP contribution in [0, 0.1) is 34.5 Å². The molecule has 2 saturated carbocycles. The van der Waals surface area contributed by atoms with Crippen molar-refractivity contribution < 1.29 is 49.9 Å². The van der Waals surface area contributed by atoms with Crippen molar-refractivity contribution in [3.05, 3.63) is 0 Å². The monoisotopic (exact) mass is 492 g/mol. The van der Waals surface area contributed by atoms with Gasteiger partial charge in [0.1, 0.15) is 0 Å². The fraction of sp³-hybridized carbons (Fsp3) is 0.917. The summed E-state index contributed by atoms with van der Waals surface area (Å²) in [6, 6.07) is 0. The van der Waals surface area contributed by atoms with Crippen molar-refractivity contribution in [2.24, 2.45) is 22.7 Å². The highest BCUT2D eigenvalue weighted by molar-refractivity contribution is 5.22. The summed E-state index contributed by atoms with van der Waals surface area (Å²) in [5.41, 5.74) is -10.0. The summed E-state index contributed by atoms with van der Waals surface area (Å²) in [6.07, 6.45) is -11.6. The molecule has 0 amide bonds. The fourth-order valence-electron chi connectivity index (χ4n) is 6.10. The van der Waals surface area contributed by atoms with Crippen LogP contribution >= 0.6 is 0 Å². The van der Waals surface area contributed by atoms with Gasteiger partial charge in [0.2, 0.25) is 0 Å². The van der Waals surface area contributed by atoms with Crippen LogP contribution in [0.4, 0.5) is 26.3 Å². The first-order valence-corrected chi connectivity index (χ1v) is 11.0. The van der Waals surface area contributed by atoms with E-state index in [1.807, 2.05) is 12.8 Å². The van der Waals surface area contributed by atoms with E-state index in [9.17, 15) is 41.7 Å². The summed E-state index contributed by atoms with van der Waals surface area (Å²) >= 11 is 0. The largest absolute Gasteiger partial charge is 0.438 e. The molecule has 2 unspecified atom stereocenters. The molecule has 5 atom stereocenters. The van der Waals surface area contributed by atoms with Crippen LogP contribution in [0.1, 0.15) is 93.6 Å². The zero-order chi connectivity index (χ0) is 30.5. The number of fused-ring (bicyclic) bond motifs is 1. The summed E-state index contributed by atoms with van der Waals surface area (Å²) in [5, 5.41) is 30.7.